The summed E-state index contributed by atoms with van der Waals surface area (Å²) in [7, 11) is 0. The standard InChI is InChI=1S/C22H35BrN2O8/c1-10-29-18(26)15(11-14-16(12-23)33-24-17(14)30-13(2)3)25(19(27)31-21(4,5)6)20(28)32-22(7,8)9/h13,15H,10-12H2,1-9H3/t15-/m0/s1. The molecular weight excluding hydrogens is 500 g/mol. The molecule has 0 aliphatic heterocycles. The van der Waals surface area contributed by atoms with E-state index in [0.29, 0.717) is 16.2 Å². The first-order valence-electron chi connectivity index (χ1n) is 10.7. The fraction of sp³-hybridized carbons (Fsp3) is 0.727. The van der Waals surface area contributed by atoms with Crippen molar-refractivity contribution in [3.8, 4) is 5.88 Å². The highest BCUT2D eigenvalue weighted by Gasteiger charge is 2.42. The van der Waals surface area contributed by atoms with E-state index in [9.17, 15) is 14.4 Å². The predicted octanol–water partition coefficient (Wildman–Crippen LogP) is 5.00. The Kier molecular flexibility index (Phi) is 10.2. The van der Waals surface area contributed by atoms with E-state index in [1.54, 1.807) is 48.5 Å². The predicted molar refractivity (Wildman–Crippen MR) is 123 cm³/mol. The van der Waals surface area contributed by atoms with Gasteiger partial charge in [0.05, 0.1) is 23.6 Å². The van der Waals surface area contributed by atoms with Gasteiger partial charge in [0.15, 0.2) is 5.76 Å². The molecule has 1 heterocycles. The van der Waals surface area contributed by atoms with Crippen molar-refractivity contribution in [1.82, 2.24) is 10.1 Å². The van der Waals surface area contributed by atoms with Crippen LogP contribution in [0, 0.1) is 0 Å². The van der Waals surface area contributed by atoms with Crippen LogP contribution in [-0.2, 0) is 30.8 Å². The molecule has 11 heteroatoms. The Labute approximate surface area is 203 Å². The topological polar surface area (TPSA) is 117 Å². The van der Waals surface area contributed by atoms with Crippen molar-refractivity contribution in [2.45, 2.75) is 97.4 Å². The molecule has 0 fully saturated rings. The second-order valence-corrected chi connectivity index (χ2v) is 10.1. The van der Waals surface area contributed by atoms with Gasteiger partial charge in [-0.1, -0.05) is 15.9 Å². The van der Waals surface area contributed by atoms with Gasteiger partial charge in [-0.15, -0.1) is 0 Å². The molecule has 10 nitrogen and oxygen atoms in total. The Bertz CT molecular complexity index is 795. The summed E-state index contributed by atoms with van der Waals surface area (Å²) in [5.41, 5.74) is -1.45. The lowest BCUT2D eigenvalue weighted by Crippen LogP contribution is -2.53. The number of alkyl halides is 1. The maximum atomic E-state index is 13.1. The molecule has 0 bridgehead atoms. The first-order chi connectivity index (χ1) is 15.1. The van der Waals surface area contributed by atoms with Gasteiger partial charge in [-0.2, -0.15) is 4.90 Å². The fourth-order valence-electron chi connectivity index (χ4n) is 2.61. The summed E-state index contributed by atoms with van der Waals surface area (Å²) >= 11 is 3.32. The summed E-state index contributed by atoms with van der Waals surface area (Å²) in [5, 5.41) is 4.19. The number of nitrogens with zero attached hydrogens (tertiary/aromatic N) is 2. The van der Waals surface area contributed by atoms with E-state index < -0.39 is 35.4 Å². The number of imide groups is 1. The van der Waals surface area contributed by atoms with E-state index in [2.05, 4.69) is 21.1 Å². The van der Waals surface area contributed by atoms with Gasteiger partial charge in [0.25, 0.3) is 5.88 Å². The number of ether oxygens (including phenoxy) is 4. The van der Waals surface area contributed by atoms with Crippen LogP contribution in [0.4, 0.5) is 9.59 Å². The molecule has 188 valence electrons. The van der Waals surface area contributed by atoms with Crippen LogP contribution in [0.15, 0.2) is 4.52 Å². The maximum absolute atomic E-state index is 13.1. The SMILES string of the molecule is CCOC(=O)[C@H](Cc1c(OC(C)C)noc1CBr)N(C(=O)OC(C)(C)C)C(=O)OC(C)(C)C. The number of hydrogen-bond donors (Lipinski definition) is 0. The fourth-order valence-corrected chi connectivity index (χ4v) is 3.05. The Hall–Kier alpha value is -2.30. The number of aromatic nitrogens is 1. The van der Waals surface area contributed by atoms with Crippen LogP contribution in [0.3, 0.4) is 0 Å². The number of rotatable bonds is 8. The Balaban J connectivity index is 3.55. The minimum Gasteiger partial charge on any atom is -0.473 e. The Morgan fingerprint density at radius 3 is 1.94 bits per heavy atom. The minimum atomic E-state index is -1.42. The van der Waals surface area contributed by atoms with Gasteiger partial charge < -0.3 is 23.5 Å². The van der Waals surface area contributed by atoms with Gasteiger partial charge in [0, 0.05) is 6.42 Å². The summed E-state index contributed by atoms with van der Waals surface area (Å²) in [4.78, 5) is 39.8. The summed E-state index contributed by atoms with van der Waals surface area (Å²) < 4.78 is 27.0. The normalized spacial score (nSPS) is 12.8. The molecule has 0 aliphatic rings. The van der Waals surface area contributed by atoms with Gasteiger partial charge in [-0.05, 0) is 67.5 Å². The van der Waals surface area contributed by atoms with E-state index in [0.717, 1.165) is 0 Å². The molecule has 0 aromatic carbocycles. The minimum absolute atomic E-state index is 0.0378. The summed E-state index contributed by atoms with van der Waals surface area (Å²) in [6.07, 6.45) is -2.49. The number of hydrogen-bond acceptors (Lipinski definition) is 9. The molecule has 0 radical (unpaired) electrons. The van der Waals surface area contributed by atoms with Crippen LogP contribution >= 0.6 is 15.9 Å². The van der Waals surface area contributed by atoms with E-state index in [1.165, 1.54) is 0 Å². The molecule has 1 atom stereocenters. The van der Waals surface area contributed by atoms with Crippen molar-refractivity contribution in [1.29, 1.82) is 0 Å². The van der Waals surface area contributed by atoms with Crippen molar-refractivity contribution in [2.75, 3.05) is 6.61 Å². The van der Waals surface area contributed by atoms with E-state index in [1.807, 2.05) is 13.8 Å². The number of esters is 1. The van der Waals surface area contributed by atoms with Crippen LogP contribution < -0.4 is 4.74 Å². The van der Waals surface area contributed by atoms with Crippen molar-refractivity contribution < 1.29 is 37.9 Å². The number of carbonyl (C=O) groups is 3. The van der Waals surface area contributed by atoms with Gasteiger partial charge >= 0.3 is 18.2 Å². The van der Waals surface area contributed by atoms with Gasteiger partial charge in [-0.3, -0.25) is 0 Å². The quantitative estimate of drug-likeness (QED) is 0.257. The van der Waals surface area contributed by atoms with Gasteiger partial charge in [-0.25, -0.2) is 14.4 Å². The lowest BCUT2D eigenvalue weighted by molar-refractivity contribution is -0.149. The molecule has 0 saturated heterocycles. The highest BCUT2D eigenvalue weighted by Crippen LogP contribution is 2.29. The largest absolute Gasteiger partial charge is 0.473 e. The molecule has 1 rings (SSSR count). The van der Waals surface area contributed by atoms with Crippen LogP contribution in [0.1, 0.15) is 73.6 Å². The first-order valence-corrected chi connectivity index (χ1v) is 11.8. The van der Waals surface area contributed by atoms with Crippen LogP contribution in [-0.4, -0.2) is 58.2 Å². The van der Waals surface area contributed by atoms with Crippen molar-refractivity contribution in [3.63, 3.8) is 0 Å². The number of carbonyl (C=O) groups excluding carboxylic acids is 3. The third-order valence-electron chi connectivity index (χ3n) is 3.75. The van der Waals surface area contributed by atoms with Crippen molar-refractivity contribution in [2.24, 2.45) is 0 Å². The van der Waals surface area contributed by atoms with Crippen molar-refractivity contribution in [3.05, 3.63) is 11.3 Å². The summed E-state index contributed by atoms with van der Waals surface area (Å²) in [5.74, 6) is -0.276. The first kappa shape index (κ1) is 28.7. The highest BCUT2D eigenvalue weighted by atomic mass is 79.9. The Morgan fingerprint density at radius 2 is 1.55 bits per heavy atom. The molecule has 2 amide bonds. The van der Waals surface area contributed by atoms with Crippen LogP contribution in [0.25, 0.3) is 0 Å². The zero-order valence-corrected chi connectivity index (χ0v) is 22.4. The van der Waals surface area contributed by atoms with Crippen LogP contribution in [0.5, 0.6) is 5.88 Å². The van der Waals surface area contributed by atoms with Gasteiger partial charge in [0.1, 0.15) is 17.2 Å². The Morgan fingerprint density at radius 1 is 1.03 bits per heavy atom. The van der Waals surface area contributed by atoms with E-state index in [-0.39, 0.29) is 30.3 Å². The lowest BCUT2D eigenvalue weighted by atomic mass is 10.1. The molecule has 1 aromatic rings. The smallest absolute Gasteiger partial charge is 0.420 e. The molecular formula is C22H35BrN2O8. The van der Waals surface area contributed by atoms with Crippen LogP contribution in [0.2, 0.25) is 0 Å². The van der Waals surface area contributed by atoms with E-state index in [4.69, 9.17) is 23.5 Å². The molecule has 0 N–H and O–H groups in total. The van der Waals surface area contributed by atoms with E-state index >= 15 is 0 Å². The molecule has 0 unspecified atom stereocenters. The third-order valence-corrected chi connectivity index (χ3v) is 4.26. The molecule has 0 spiro atoms. The molecule has 0 saturated carbocycles. The second kappa shape index (κ2) is 11.7. The second-order valence-electron chi connectivity index (χ2n) is 9.49. The zero-order chi connectivity index (χ0) is 25.6. The summed E-state index contributed by atoms with van der Waals surface area (Å²) in [6.45, 7) is 15.2. The molecule has 33 heavy (non-hydrogen) atoms. The number of halogens is 1. The van der Waals surface area contributed by atoms with Gasteiger partial charge in [0.2, 0.25) is 0 Å². The monoisotopic (exact) mass is 534 g/mol. The third kappa shape index (κ3) is 9.23. The lowest BCUT2D eigenvalue weighted by Gasteiger charge is -2.32. The highest BCUT2D eigenvalue weighted by molar-refractivity contribution is 9.08. The molecule has 0 aliphatic carbocycles. The molecule has 1 aromatic heterocycles. The average molecular weight is 535 g/mol. The maximum Gasteiger partial charge on any atom is 0.420 e. The number of amides is 2. The van der Waals surface area contributed by atoms with Crippen molar-refractivity contribution >= 4 is 34.1 Å². The summed E-state index contributed by atoms with van der Waals surface area (Å²) in [6, 6.07) is -1.42. The average Bonchev–Trinajstić information content (AvgIpc) is 2.99. The zero-order valence-electron chi connectivity index (χ0n) is 20.8.